The summed E-state index contributed by atoms with van der Waals surface area (Å²) in [6.07, 6.45) is 2.47. The second-order valence-electron chi connectivity index (χ2n) is 8.05. The van der Waals surface area contributed by atoms with Crippen LogP contribution in [-0.4, -0.2) is 15.9 Å². The molecule has 0 aliphatic rings. The zero-order valence-corrected chi connectivity index (χ0v) is 22.4. The molecule has 0 saturated heterocycles. The number of ether oxygens (including phenoxy) is 1. The summed E-state index contributed by atoms with van der Waals surface area (Å²) in [6, 6.07) is 20.6. The fraction of sp³-hybridized carbons (Fsp3) is 0.185. The van der Waals surface area contributed by atoms with Gasteiger partial charge in [0.2, 0.25) is 0 Å². The third-order valence-electron chi connectivity index (χ3n) is 5.69. The molecule has 0 aliphatic carbocycles. The van der Waals surface area contributed by atoms with E-state index in [0.717, 1.165) is 26.5 Å². The molecule has 0 aliphatic heterocycles. The second kappa shape index (κ2) is 11.0. The fourth-order valence-electron chi connectivity index (χ4n) is 3.53. The minimum Gasteiger partial charge on any atom is -0.488 e. The van der Waals surface area contributed by atoms with E-state index in [0.29, 0.717) is 28.0 Å². The first kappa shape index (κ1) is 24.8. The highest BCUT2D eigenvalue weighted by molar-refractivity contribution is 9.10. The number of rotatable bonds is 7. The lowest BCUT2D eigenvalue weighted by Crippen LogP contribution is -2.23. The standard InChI is InChI=1S/C27H22Br2N4O2/c1-3-17(2)26-32-24-10-9-21(28)13-22(24)27(34)33(26)31-15-18-8-11-25(23(29)12-18)35-16-20-7-5-4-6-19(20)14-30/h4-13,15,17H,3,16H2,1-2H3/t17-/m1/s1. The van der Waals surface area contributed by atoms with E-state index in [9.17, 15) is 10.1 Å². The van der Waals surface area contributed by atoms with Crippen LogP contribution >= 0.6 is 31.9 Å². The van der Waals surface area contributed by atoms with Crippen molar-refractivity contribution >= 4 is 49.0 Å². The molecule has 0 saturated carbocycles. The van der Waals surface area contributed by atoms with E-state index in [2.05, 4.69) is 50.0 Å². The van der Waals surface area contributed by atoms with Gasteiger partial charge in [0.1, 0.15) is 18.2 Å². The number of hydrogen-bond acceptors (Lipinski definition) is 5. The lowest BCUT2D eigenvalue weighted by atomic mass is 10.1. The smallest absolute Gasteiger partial charge is 0.282 e. The Bertz CT molecular complexity index is 1520. The molecule has 0 unspecified atom stereocenters. The van der Waals surface area contributed by atoms with Crippen LogP contribution in [0, 0.1) is 11.3 Å². The first-order valence-corrected chi connectivity index (χ1v) is 12.7. The fourth-order valence-corrected chi connectivity index (χ4v) is 4.40. The molecule has 8 heteroatoms. The molecule has 6 nitrogen and oxygen atoms in total. The third kappa shape index (κ3) is 5.53. The molecule has 3 aromatic carbocycles. The lowest BCUT2D eigenvalue weighted by molar-refractivity contribution is 0.304. The van der Waals surface area contributed by atoms with Gasteiger partial charge in [0, 0.05) is 16.0 Å². The van der Waals surface area contributed by atoms with Crippen LogP contribution in [0.5, 0.6) is 5.75 Å². The highest BCUT2D eigenvalue weighted by atomic mass is 79.9. The summed E-state index contributed by atoms with van der Waals surface area (Å²) in [7, 11) is 0. The van der Waals surface area contributed by atoms with Gasteiger partial charge in [-0.05, 0) is 70.4 Å². The van der Waals surface area contributed by atoms with Crippen molar-refractivity contribution in [3.05, 3.63) is 102 Å². The molecular weight excluding hydrogens is 572 g/mol. The van der Waals surface area contributed by atoms with Crippen LogP contribution in [0.4, 0.5) is 0 Å². The van der Waals surface area contributed by atoms with Crippen molar-refractivity contribution < 1.29 is 4.74 Å². The maximum absolute atomic E-state index is 13.3. The summed E-state index contributed by atoms with van der Waals surface area (Å²) in [5.74, 6) is 1.33. The molecule has 1 aromatic heterocycles. The molecule has 1 heterocycles. The number of nitriles is 1. The third-order valence-corrected chi connectivity index (χ3v) is 6.80. The van der Waals surface area contributed by atoms with E-state index in [4.69, 9.17) is 9.72 Å². The Labute approximate surface area is 220 Å². The molecule has 176 valence electrons. The van der Waals surface area contributed by atoms with E-state index in [-0.39, 0.29) is 18.1 Å². The highest BCUT2D eigenvalue weighted by Gasteiger charge is 2.15. The first-order chi connectivity index (χ1) is 16.9. The molecule has 0 fully saturated rings. The van der Waals surface area contributed by atoms with Gasteiger partial charge in [-0.15, -0.1) is 0 Å². The monoisotopic (exact) mass is 592 g/mol. The summed E-state index contributed by atoms with van der Waals surface area (Å²) in [5.41, 5.74) is 2.64. The number of halogens is 2. The van der Waals surface area contributed by atoms with E-state index >= 15 is 0 Å². The van der Waals surface area contributed by atoms with Crippen molar-refractivity contribution in [1.82, 2.24) is 9.66 Å². The molecule has 0 amide bonds. The van der Waals surface area contributed by atoms with Crippen LogP contribution in [0.2, 0.25) is 0 Å². The van der Waals surface area contributed by atoms with E-state index in [1.165, 1.54) is 4.68 Å². The van der Waals surface area contributed by atoms with Crippen LogP contribution in [0.15, 0.2) is 79.5 Å². The molecule has 1 atom stereocenters. The molecule has 0 spiro atoms. The number of hydrogen-bond donors (Lipinski definition) is 0. The summed E-state index contributed by atoms with van der Waals surface area (Å²) >= 11 is 6.98. The SMILES string of the molecule is CC[C@@H](C)c1nc2ccc(Br)cc2c(=O)n1N=Cc1ccc(OCc2ccccc2C#N)c(Br)c1. The summed E-state index contributed by atoms with van der Waals surface area (Å²) < 4.78 is 8.86. The Kier molecular flexibility index (Phi) is 7.79. The maximum Gasteiger partial charge on any atom is 0.282 e. The van der Waals surface area contributed by atoms with Crippen molar-refractivity contribution in [2.45, 2.75) is 32.8 Å². The lowest BCUT2D eigenvalue weighted by Gasteiger charge is -2.14. The molecule has 0 bridgehead atoms. The molecule has 4 rings (SSSR count). The van der Waals surface area contributed by atoms with Gasteiger partial charge < -0.3 is 4.74 Å². The number of nitrogens with zero attached hydrogens (tertiary/aromatic N) is 4. The Morgan fingerprint density at radius 1 is 1.17 bits per heavy atom. The Morgan fingerprint density at radius 2 is 1.97 bits per heavy atom. The quantitative estimate of drug-likeness (QED) is 0.222. The highest BCUT2D eigenvalue weighted by Crippen LogP contribution is 2.27. The largest absolute Gasteiger partial charge is 0.488 e. The van der Waals surface area contributed by atoms with Crippen LogP contribution < -0.4 is 10.3 Å². The van der Waals surface area contributed by atoms with Gasteiger partial charge >= 0.3 is 0 Å². The van der Waals surface area contributed by atoms with Crippen molar-refractivity contribution in [2.75, 3.05) is 0 Å². The summed E-state index contributed by atoms with van der Waals surface area (Å²) in [4.78, 5) is 18.0. The van der Waals surface area contributed by atoms with Crippen LogP contribution in [0.1, 0.15) is 48.7 Å². The van der Waals surface area contributed by atoms with E-state index in [1.807, 2.05) is 55.5 Å². The minimum atomic E-state index is -0.210. The molecular formula is C27H22Br2N4O2. The molecule has 35 heavy (non-hydrogen) atoms. The Morgan fingerprint density at radius 3 is 2.71 bits per heavy atom. The van der Waals surface area contributed by atoms with Gasteiger partial charge in [-0.3, -0.25) is 4.79 Å². The van der Waals surface area contributed by atoms with Gasteiger partial charge in [0.05, 0.1) is 33.2 Å². The van der Waals surface area contributed by atoms with Crippen molar-refractivity contribution in [2.24, 2.45) is 5.10 Å². The number of benzene rings is 3. The Balaban J connectivity index is 1.63. The van der Waals surface area contributed by atoms with E-state index < -0.39 is 0 Å². The predicted octanol–water partition coefficient (Wildman–Crippen LogP) is 6.77. The van der Waals surface area contributed by atoms with Crippen molar-refractivity contribution in [3.8, 4) is 11.8 Å². The first-order valence-electron chi connectivity index (χ1n) is 11.1. The van der Waals surface area contributed by atoms with Crippen LogP contribution in [0.25, 0.3) is 10.9 Å². The number of aromatic nitrogens is 2. The minimum absolute atomic E-state index is 0.0618. The predicted molar refractivity (Wildman–Crippen MR) is 145 cm³/mol. The van der Waals surface area contributed by atoms with Crippen molar-refractivity contribution in [1.29, 1.82) is 5.26 Å². The molecule has 0 N–H and O–H groups in total. The zero-order valence-electron chi connectivity index (χ0n) is 19.2. The molecule has 4 aromatic rings. The summed E-state index contributed by atoms with van der Waals surface area (Å²) in [6.45, 7) is 4.37. The van der Waals surface area contributed by atoms with Gasteiger partial charge in [-0.25, -0.2) is 4.98 Å². The van der Waals surface area contributed by atoms with Crippen LogP contribution in [-0.2, 0) is 6.61 Å². The van der Waals surface area contributed by atoms with Gasteiger partial charge in [0.25, 0.3) is 5.56 Å². The maximum atomic E-state index is 13.3. The topological polar surface area (TPSA) is 80.3 Å². The van der Waals surface area contributed by atoms with E-state index in [1.54, 1.807) is 18.3 Å². The average molecular weight is 594 g/mol. The normalized spacial score (nSPS) is 12.1. The van der Waals surface area contributed by atoms with Gasteiger partial charge in [-0.2, -0.15) is 15.0 Å². The zero-order chi connectivity index (χ0) is 24.9. The average Bonchev–Trinajstić information content (AvgIpc) is 2.87. The molecule has 0 radical (unpaired) electrons. The van der Waals surface area contributed by atoms with Crippen molar-refractivity contribution in [3.63, 3.8) is 0 Å². The second-order valence-corrected chi connectivity index (χ2v) is 9.82. The van der Waals surface area contributed by atoms with Gasteiger partial charge in [0.15, 0.2) is 0 Å². The van der Waals surface area contributed by atoms with Gasteiger partial charge in [-0.1, -0.05) is 48.0 Å². The Hall–Kier alpha value is -3.28. The number of fused-ring (bicyclic) bond motifs is 1. The summed E-state index contributed by atoms with van der Waals surface area (Å²) in [5, 5.41) is 14.3. The van der Waals surface area contributed by atoms with Crippen LogP contribution in [0.3, 0.4) is 0 Å².